The fraction of sp³-hybridized carbons (Fsp3) is 0.375. The van der Waals surface area contributed by atoms with E-state index in [2.05, 4.69) is 31.0 Å². The summed E-state index contributed by atoms with van der Waals surface area (Å²) in [5.74, 6) is 0.0125. The minimum atomic E-state index is 0.0125. The number of hydrogen-bond acceptors (Lipinski definition) is 5. The summed E-state index contributed by atoms with van der Waals surface area (Å²) in [6.45, 7) is 8.42. The maximum Gasteiger partial charge on any atom is 0.192 e. The molecule has 2 aromatic rings. The molecule has 2 heterocycles. The standard InChI is InChI=1S/C21H24N4OS.C3H8/c1-14-6-5-7-16(9-8-14)25(13-22)12-18(26)20-15(2)19-17(24(3)4)10-11-23-21(19)27-20;1-3-2/h5-6,8-11,13,22H,7,12H2,1-4H3;3H2,1-2H3. The second kappa shape index (κ2) is 10.9. The van der Waals surface area contributed by atoms with Crippen molar-refractivity contribution in [1.82, 2.24) is 9.88 Å². The lowest BCUT2D eigenvalue weighted by Crippen LogP contribution is -2.27. The number of pyridine rings is 1. The van der Waals surface area contributed by atoms with E-state index in [1.807, 2.05) is 51.1 Å². The summed E-state index contributed by atoms with van der Waals surface area (Å²) in [6, 6.07) is 1.97. The number of ketones is 1. The van der Waals surface area contributed by atoms with E-state index in [4.69, 9.17) is 5.41 Å². The number of carbonyl (C=O) groups excluding carboxylic acids is 1. The molecule has 0 aromatic carbocycles. The van der Waals surface area contributed by atoms with E-state index in [1.165, 1.54) is 24.1 Å². The molecule has 1 N–H and O–H groups in total. The number of nitrogens with zero attached hydrogens (tertiary/aromatic N) is 3. The van der Waals surface area contributed by atoms with Crippen LogP contribution in [0.1, 0.15) is 48.8 Å². The Morgan fingerprint density at radius 2 is 1.97 bits per heavy atom. The van der Waals surface area contributed by atoms with Crippen LogP contribution >= 0.6 is 11.3 Å². The predicted octanol–water partition coefficient (Wildman–Crippen LogP) is 5.97. The lowest BCUT2D eigenvalue weighted by atomic mass is 10.1. The Labute approximate surface area is 183 Å². The number of aromatic nitrogens is 1. The van der Waals surface area contributed by atoms with Crippen molar-refractivity contribution in [1.29, 1.82) is 5.41 Å². The highest BCUT2D eigenvalue weighted by molar-refractivity contribution is 7.20. The van der Waals surface area contributed by atoms with Gasteiger partial charge < -0.3 is 9.80 Å². The van der Waals surface area contributed by atoms with Crippen LogP contribution in [0, 0.1) is 12.3 Å². The molecular weight excluding hydrogens is 392 g/mol. The van der Waals surface area contributed by atoms with Crippen molar-refractivity contribution >= 4 is 39.4 Å². The lowest BCUT2D eigenvalue weighted by Gasteiger charge is -2.20. The van der Waals surface area contributed by atoms with Crippen molar-refractivity contribution in [3.8, 4) is 0 Å². The van der Waals surface area contributed by atoms with Crippen molar-refractivity contribution in [3.63, 3.8) is 0 Å². The van der Waals surface area contributed by atoms with Crippen molar-refractivity contribution in [3.05, 3.63) is 58.3 Å². The van der Waals surface area contributed by atoms with Gasteiger partial charge in [0.2, 0.25) is 0 Å². The number of fused-ring (bicyclic) bond motifs is 1. The van der Waals surface area contributed by atoms with Gasteiger partial charge in [-0.15, -0.1) is 11.3 Å². The van der Waals surface area contributed by atoms with Crippen LogP contribution in [0.25, 0.3) is 10.2 Å². The second-order valence-electron chi connectivity index (χ2n) is 7.52. The summed E-state index contributed by atoms with van der Waals surface area (Å²) in [6.07, 6.45) is 13.1. The summed E-state index contributed by atoms with van der Waals surface area (Å²) in [5.41, 5.74) is 4.13. The first-order valence-corrected chi connectivity index (χ1v) is 11.0. The van der Waals surface area contributed by atoms with Gasteiger partial charge in [-0.25, -0.2) is 4.98 Å². The molecule has 0 spiro atoms. The topological polar surface area (TPSA) is 60.3 Å². The van der Waals surface area contributed by atoms with E-state index in [9.17, 15) is 4.79 Å². The maximum atomic E-state index is 13.0. The Bertz CT molecular complexity index is 998. The summed E-state index contributed by atoms with van der Waals surface area (Å²) in [7, 11) is 3.98. The van der Waals surface area contributed by atoms with Crippen LogP contribution in [0.5, 0.6) is 0 Å². The molecule has 0 saturated carbocycles. The van der Waals surface area contributed by atoms with Gasteiger partial charge in [-0.1, -0.05) is 44.1 Å². The van der Waals surface area contributed by atoms with Gasteiger partial charge in [-0.2, -0.15) is 0 Å². The number of rotatable bonds is 6. The largest absolute Gasteiger partial charge is 0.377 e. The molecule has 0 fully saturated rings. The number of allylic oxidation sites excluding steroid dienone is 5. The Morgan fingerprint density at radius 1 is 1.27 bits per heavy atom. The smallest absolute Gasteiger partial charge is 0.192 e. The van der Waals surface area contributed by atoms with Gasteiger partial charge >= 0.3 is 0 Å². The molecule has 3 rings (SSSR count). The number of aryl methyl sites for hydroxylation is 1. The van der Waals surface area contributed by atoms with Crippen LogP contribution in [0.2, 0.25) is 0 Å². The third kappa shape index (κ3) is 5.45. The van der Waals surface area contributed by atoms with E-state index >= 15 is 0 Å². The molecule has 160 valence electrons. The summed E-state index contributed by atoms with van der Waals surface area (Å²) in [5, 5.41) is 8.81. The average Bonchev–Trinajstić information content (AvgIpc) is 2.90. The van der Waals surface area contributed by atoms with Crippen LogP contribution in [-0.4, -0.2) is 42.6 Å². The third-order valence-corrected chi connectivity index (χ3v) is 5.87. The molecule has 30 heavy (non-hydrogen) atoms. The second-order valence-corrected chi connectivity index (χ2v) is 8.52. The quantitative estimate of drug-likeness (QED) is 0.353. The van der Waals surface area contributed by atoms with Crippen LogP contribution < -0.4 is 4.90 Å². The van der Waals surface area contributed by atoms with Crippen LogP contribution in [0.3, 0.4) is 0 Å². The van der Waals surface area contributed by atoms with Gasteiger partial charge in [0.1, 0.15) is 4.83 Å². The normalized spacial score (nSPS) is 13.0. The molecule has 0 atom stereocenters. The molecule has 1 aliphatic carbocycles. The van der Waals surface area contributed by atoms with Crippen molar-refractivity contribution in [2.75, 3.05) is 25.5 Å². The van der Waals surface area contributed by atoms with Gasteiger partial charge in [-0.05, 0) is 31.6 Å². The maximum absolute atomic E-state index is 13.0. The molecule has 1 aliphatic rings. The van der Waals surface area contributed by atoms with Crippen molar-refractivity contribution in [2.45, 2.75) is 40.5 Å². The number of hydrogen-bond donors (Lipinski definition) is 1. The van der Waals surface area contributed by atoms with E-state index in [-0.39, 0.29) is 12.3 Å². The first-order chi connectivity index (χ1) is 14.3. The number of Topliss-reactive ketones (excluding diaryl/α,β-unsaturated/α-hetero) is 1. The molecule has 5 nitrogen and oxygen atoms in total. The van der Waals surface area contributed by atoms with Crippen molar-refractivity contribution in [2.24, 2.45) is 0 Å². The molecule has 0 aliphatic heterocycles. The minimum Gasteiger partial charge on any atom is -0.377 e. The summed E-state index contributed by atoms with van der Waals surface area (Å²) in [4.78, 5) is 22.8. The van der Waals surface area contributed by atoms with Crippen LogP contribution in [-0.2, 0) is 0 Å². The molecule has 2 aromatic heterocycles. The van der Waals surface area contributed by atoms with Gasteiger partial charge in [0.15, 0.2) is 5.78 Å². The van der Waals surface area contributed by atoms with Crippen LogP contribution in [0.4, 0.5) is 5.69 Å². The van der Waals surface area contributed by atoms with Gasteiger partial charge in [0, 0.05) is 43.5 Å². The zero-order chi connectivity index (χ0) is 22.3. The van der Waals surface area contributed by atoms with Crippen LogP contribution in [0.15, 0.2) is 47.8 Å². The number of thiophene rings is 1. The first kappa shape index (κ1) is 23.5. The number of carbonyl (C=O) groups is 1. The first-order valence-electron chi connectivity index (χ1n) is 10.2. The fourth-order valence-corrected chi connectivity index (χ4v) is 4.27. The predicted molar refractivity (Wildman–Crippen MR) is 130 cm³/mol. The van der Waals surface area contributed by atoms with Gasteiger partial charge in [0.05, 0.1) is 17.8 Å². The lowest BCUT2D eigenvalue weighted by molar-refractivity contribution is 0.0976. The van der Waals surface area contributed by atoms with E-state index in [0.29, 0.717) is 6.42 Å². The average molecular weight is 425 g/mol. The number of nitrogens with one attached hydrogen (secondary N) is 1. The van der Waals surface area contributed by atoms with Gasteiger partial charge in [-0.3, -0.25) is 10.2 Å². The van der Waals surface area contributed by atoms with E-state index in [0.717, 1.165) is 37.6 Å². The summed E-state index contributed by atoms with van der Waals surface area (Å²) < 4.78 is 0. The van der Waals surface area contributed by atoms with E-state index < -0.39 is 0 Å². The molecule has 6 heteroatoms. The fourth-order valence-electron chi connectivity index (χ4n) is 3.17. The Balaban J connectivity index is 0.00000101. The Kier molecular flexibility index (Phi) is 8.54. The molecular formula is C24H32N4OS. The molecule has 0 amide bonds. The highest BCUT2D eigenvalue weighted by atomic mass is 32.1. The van der Waals surface area contributed by atoms with E-state index in [1.54, 1.807) is 11.1 Å². The third-order valence-electron chi connectivity index (χ3n) is 4.63. The van der Waals surface area contributed by atoms with Gasteiger partial charge in [0.25, 0.3) is 0 Å². The highest BCUT2D eigenvalue weighted by Crippen LogP contribution is 2.35. The minimum absolute atomic E-state index is 0.0125. The molecule has 0 unspecified atom stereocenters. The molecule has 0 bridgehead atoms. The molecule has 0 radical (unpaired) electrons. The monoisotopic (exact) mass is 424 g/mol. The highest BCUT2D eigenvalue weighted by Gasteiger charge is 2.21. The SMILES string of the molecule is CC1=CC=C(N(C=N)CC(=O)c2sc3nccc(N(C)C)c3c2C)CC=C1.CCC. The van der Waals surface area contributed by atoms with Crippen molar-refractivity contribution < 1.29 is 4.79 Å². The zero-order valence-corrected chi connectivity index (χ0v) is 19.6. The summed E-state index contributed by atoms with van der Waals surface area (Å²) >= 11 is 1.43. The zero-order valence-electron chi connectivity index (χ0n) is 18.8. The number of anilines is 1. The molecule has 0 saturated heterocycles. The Morgan fingerprint density at radius 3 is 2.60 bits per heavy atom. The Hall–Kier alpha value is -2.73.